The molecule has 1 atom stereocenters. The first kappa shape index (κ1) is 34.2. The van der Waals surface area contributed by atoms with Crippen LogP contribution in [0.2, 0.25) is 0 Å². The van der Waals surface area contributed by atoms with Gasteiger partial charge in [-0.1, -0.05) is 140 Å². The van der Waals surface area contributed by atoms with E-state index in [2.05, 4.69) is 17.1 Å². The summed E-state index contributed by atoms with van der Waals surface area (Å²) in [7, 11) is -4.56. The third-order valence-electron chi connectivity index (χ3n) is 7.78. The minimum Gasteiger partial charge on any atom is -0.744 e. The van der Waals surface area contributed by atoms with E-state index in [-0.39, 0.29) is 40.6 Å². The third kappa shape index (κ3) is 12.1. The fourth-order valence-corrected chi connectivity index (χ4v) is 6.34. The van der Waals surface area contributed by atoms with Gasteiger partial charge in [0.05, 0.1) is 22.4 Å². The van der Waals surface area contributed by atoms with Crippen LogP contribution in [-0.4, -0.2) is 19.1 Å². The Morgan fingerprint density at radius 2 is 1.23 bits per heavy atom. The monoisotopic (exact) mass is 564 g/mol. The summed E-state index contributed by atoms with van der Waals surface area (Å²) >= 11 is 0. The van der Waals surface area contributed by atoms with Crippen molar-refractivity contribution in [2.45, 2.75) is 134 Å². The average Bonchev–Trinajstić information content (AvgIpc) is 3.25. The van der Waals surface area contributed by atoms with E-state index >= 15 is 0 Å². The molecular weight excluding hydrogens is 515 g/mol. The maximum absolute atomic E-state index is 12.0. The van der Waals surface area contributed by atoms with Gasteiger partial charge >= 0.3 is 29.6 Å². The molecule has 0 aliphatic carbocycles. The zero-order chi connectivity index (χ0) is 27.1. The van der Waals surface area contributed by atoms with Crippen LogP contribution in [0.3, 0.4) is 0 Å². The first-order chi connectivity index (χ1) is 18.5. The van der Waals surface area contributed by atoms with E-state index in [1.165, 1.54) is 102 Å². The molecule has 1 aliphatic rings. The topological polar surface area (TPSA) is 72.5 Å². The molecule has 0 aromatic heterocycles. The molecule has 1 N–H and O–H groups in total. The predicted molar refractivity (Wildman–Crippen MR) is 159 cm³/mol. The number of anilines is 2. The molecule has 7 heteroatoms. The Morgan fingerprint density at radius 1 is 0.718 bits per heavy atom. The Balaban J connectivity index is 0.00000533. The van der Waals surface area contributed by atoms with Gasteiger partial charge in [0.25, 0.3) is 0 Å². The number of unbranched alkanes of at least 4 members (excludes halogenated alkanes) is 15. The van der Waals surface area contributed by atoms with Crippen molar-refractivity contribution < 1.29 is 42.5 Å². The molecule has 39 heavy (non-hydrogen) atoms. The molecule has 2 aromatic carbocycles. The van der Waals surface area contributed by atoms with Gasteiger partial charge in [0.2, 0.25) is 0 Å². The van der Waals surface area contributed by atoms with Crippen molar-refractivity contribution in [3.05, 3.63) is 54.1 Å². The molecule has 3 rings (SSSR count). The summed E-state index contributed by atoms with van der Waals surface area (Å²) < 4.78 is 36.0. The van der Waals surface area contributed by atoms with Crippen molar-refractivity contribution in [2.24, 2.45) is 0 Å². The molecule has 5 nitrogen and oxygen atoms in total. The molecule has 0 spiro atoms. The molecular formula is C32H49N2NaO3S. The standard InChI is InChI=1S/C32H50N2O3S.Na/c1-2-3-4-5-6-7-8-9-10-11-12-13-14-15-16-20-26-31-33-29-24-21-25-30(38(35,36)37)32(29)34(31)27-28-22-18-17-19-23-28;/h17-19,21-25,31,33H,2-16,20,26-27H2,1H3,(H,35,36,37);/q;+1/p-1. The van der Waals surface area contributed by atoms with E-state index in [1.54, 1.807) is 6.07 Å². The van der Waals surface area contributed by atoms with Crippen LogP contribution in [0.1, 0.15) is 122 Å². The average molecular weight is 565 g/mol. The van der Waals surface area contributed by atoms with Gasteiger partial charge in [-0.15, -0.1) is 0 Å². The maximum Gasteiger partial charge on any atom is 1.00 e. The number of fused-ring (bicyclic) bond motifs is 1. The van der Waals surface area contributed by atoms with Crippen molar-refractivity contribution in [2.75, 3.05) is 10.2 Å². The van der Waals surface area contributed by atoms with Gasteiger partial charge in [-0.25, -0.2) is 8.42 Å². The molecule has 1 heterocycles. The molecule has 1 unspecified atom stereocenters. The normalized spacial score (nSPS) is 14.6. The molecule has 2 aromatic rings. The number of para-hydroxylation sites is 1. The van der Waals surface area contributed by atoms with Crippen LogP contribution >= 0.6 is 0 Å². The quantitative estimate of drug-likeness (QED) is 0.121. The van der Waals surface area contributed by atoms with Crippen molar-refractivity contribution in [3.8, 4) is 0 Å². The van der Waals surface area contributed by atoms with Crippen molar-refractivity contribution in [1.29, 1.82) is 0 Å². The van der Waals surface area contributed by atoms with Gasteiger partial charge in [0, 0.05) is 6.54 Å². The molecule has 1 aliphatic heterocycles. The van der Waals surface area contributed by atoms with E-state index in [1.807, 2.05) is 36.4 Å². The predicted octanol–water partition coefficient (Wildman–Crippen LogP) is 6.00. The zero-order valence-electron chi connectivity index (χ0n) is 24.5. The maximum atomic E-state index is 12.0. The van der Waals surface area contributed by atoms with Gasteiger partial charge in [-0.2, -0.15) is 0 Å². The molecule has 0 fully saturated rings. The van der Waals surface area contributed by atoms with E-state index in [0.29, 0.717) is 12.2 Å². The summed E-state index contributed by atoms with van der Waals surface area (Å²) in [6.45, 7) is 2.84. The van der Waals surface area contributed by atoms with Crippen molar-refractivity contribution in [1.82, 2.24) is 0 Å². The van der Waals surface area contributed by atoms with Crippen LogP contribution < -0.4 is 39.8 Å². The number of hydrogen-bond donors (Lipinski definition) is 1. The van der Waals surface area contributed by atoms with Gasteiger partial charge < -0.3 is 14.8 Å². The fourth-order valence-electron chi connectivity index (χ4n) is 5.63. The summed E-state index contributed by atoms with van der Waals surface area (Å²) in [5.74, 6) is 0. The molecule has 0 saturated heterocycles. The van der Waals surface area contributed by atoms with Gasteiger partial charge in [-0.3, -0.25) is 0 Å². The SMILES string of the molecule is CCCCCCCCCCCCCCCCCCC1Nc2cccc(S(=O)(=O)[O-])c2N1Cc1ccccc1.[Na+]. The van der Waals surface area contributed by atoms with Crippen LogP contribution in [0.15, 0.2) is 53.4 Å². The van der Waals surface area contributed by atoms with E-state index in [4.69, 9.17) is 0 Å². The summed E-state index contributed by atoms with van der Waals surface area (Å²) in [6.07, 6.45) is 22.4. The molecule has 0 bridgehead atoms. The number of nitrogens with zero attached hydrogens (tertiary/aromatic N) is 1. The zero-order valence-corrected chi connectivity index (χ0v) is 27.3. The Hall–Kier alpha value is -1.05. The molecule has 0 amide bonds. The molecule has 0 saturated carbocycles. The number of rotatable bonds is 20. The van der Waals surface area contributed by atoms with Gasteiger partial charge in [-0.05, 0) is 30.5 Å². The Labute approximate surface area is 260 Å². The van der Waals surface area contributed by atoms with Gasteiger partial charge in [0.1, 0.15) is 10.1 Å². The second kappa shape index (κ2) is 19.1. The van der Waals surface area contributed by atoms with Crippen molar-refractivity contribution in [3.63, 3.8) is 0 Å². The third-order valence-corrected chi connectivity index (χ3v) is 8.65. The first-order valence-electron chi connectivity index (χ1n) is 15.2. The Morgan fingerprint density at radius 3 is 1.74 bits per heavy atom. The minimum absolute atomic E-state index is 0. The number of hydrogen-bond acceptors (Lipinski definition) is 5. The summed E-state index contributed by atoms with van der Waals surface area (Å²) in [6, 6.07) is 15.0. The van der Waals surface area contributed by atoms with E-state index in [9.17, 15) is 13.0 Å². The van der Waals surface area contributed by atoms with Crippen LogP contribution in [-0.2, 0) is 16.7 Å². The molecule has 212 valence electrons. The van der Waals surface area contributed by atoms with E-state index in [0.717, 1.165) is 24.1 Å². The molecule has 0 radical (unpaired) electrons. The van der Waals surface area contributed by atoms with Crippen LogP contribution in [0.5, 0.6) is 0 Å². The van der Waals surface area contributed by atoms with Crippen molar-refractivity contribution >= 4 is 21.5 Å². The second-order valence-electron chi connectivity index (χ2n) is 11.0. The largest absolute Gasteiger partial charge is 1.00 e. The summed E-state index contributed by atoms with van der Waals surface area (Å²) in [5, 5.41) is 3.49. The summed E-state index contributed by atoms with van der Waals surface area (Å²) in [5.41, 5.74) is 2.35. The smallest absolute Gasteiger partial charge is 0.744 e. The first-order valence-corrected chi connectivity index (χ1v) is 16.6. The fraction of sp³-hybridized carbons (Fsp3) is 0.625. The second-order valence-corrected chi connectivity index (χ2v) is 12.3. The van der Waals surface area contributed by atoms with E-state index < -0.39 is 10.1 Å². The van der Waals surface area contributed by atoms with Crippen LogP contribution in [0.25, 0.3) is 0 Å². The number of nitrogens with one attached hydrogen (secondary N) is 1. The van der Waals surface area contributed by atoms with Crippen LogP contribution in [0, 0.1) is 0 Å². The van der Waals surface area contributed by atoms with Crippen LogP contribution in [0.4, 0.5) is 11.4 Å². The van der Waals surface area contributed by atoms with Gasteiger partial charge in [0.15, 0.2) is 0 Å². The Bertz CT molecular complexity index is 1030. The number of benzene rings is 2. The Kier molecular flexibility index (Phi) is 16.8. The summed E-state index contributed by atoms with van der Waals surface area (Å²) in [4.78, 5) is 1.94. The minimum atomic E-state index is -4.56.